The van der Waals surface area contributed by atoms with Gasteiger partial charge in [-0.25, -0.2) is 0 Å². The summed E-state index contributed by atoms with van der Waals surface area (Å²) in [6, 6.07) is 9.46. The Morgan fingerprint density at radius 1 is 1.31 bits per heavy atom. The van der Waals surface area contributed by atoms with Gasteiger partial charge < -0.3 is 15.2 Å². The third-order valence-corrected chi connectivity index (χ3v) is 7.05. The number of amides is 1. The van der Waals surface area contributed by atoms with E-state index in [0.717, 1.165) is 34.4 Å². The second-order valence-electron chi connectivity index (χ2n) is 8.05. The van der Waals surface area contributed by atoms with Crippen molar-refractivity contribution in [2.45, 2.75) is 39.8 Å². The molecule has 188 valence electrons. The van der Waals surface area contributed by atoms with Crippen LogP contribution in [-0.4, -0.2) is 44.4 Å². The molecule has 3 rings (SSSR count). The van der Waals surface area contributed by atoms with Gasteiger partial charge in [-0.2, -0.15) is 5.26 Å². The maximum absolute atomic E-state index is 13.2. The summed E-state index contributed by atoms with van der Waals surface area (Å²) in [7, 11) is 1.59. The molecule has 36 heavy (non-hydrogen) atoms. The molecule has 0 radical (unpaired) electrons. The van der Waals surface area contributed by atoms with Crippen molar-refractivity contribution in [3.05, 3.63) is 61.8 Å². The first-order valence-electron chi connectivity index (χ1n) is 11.2. The van der Waals surface area contributed by atoms with Crippen molar-refractivity contribution in [1.29, 1.82) is 5.26 Å². The van der Waals surface area contributed by atoms with E-state index in [4.69, 9.17) is 22.1 Å². The number of unbranched alkanes of at least 4 members (excludes halogenated alkanes) is 1. The van der Waals surface area contributed by atoms with Gasteiger partial charge >= 0.3 is 5.97 Å². The summed E-state index contributed by atoms with van der Waals surface area (Å²) in [6.45, 7) is 3.89. The lowest BCUT2D eigenvalue weighted by Crippen LogP contribution is -2.33. The van der Waals surface area contributed by atoms with Crippen LogP contribution >= 0.6 is 24.0 Å². The van der Waals surface area contributed by atoms with Gasteiger partial charge in [-0.3, -0.25) is 23.9 Å². The number of nitriles is 1. The van der Waals surface area contributed by atoms with E-state index in [0.29, 0.717) is 36.5 Å². The fraction of sp³-hybridized carbons (Fsp3) is 0.320. The highest BCUT2D eigenvalue weighted by molar-refractivity contribution is 8.26. The smallest absolute Gasteiger partial charge is 0.323 e. The average Bonchev–Trinajstić information content (AvgIpc) is 3.11. The number of thiocarbonyl (C=S) groups is 1. The quantitative estimate of drug-likeness (QED) is 0.352. The summed E-state index contributed by atoms with van der Waals surface area (Å²) < 4.78 is 6.88. The molecule has 2 aromatic rings. The molecule has 1 saturated heterocycles. The molecule has 2 N–H and O–H groups in total. The van der Waals surface area contributed by atoms with Crippen LogP contribution in [0.4, 0.5) is 5.82 Å². The zero-order valence-electron chi connectivity index (χ0n) is 20.2. The van der Waals surface area contributed by atoms with Gasteiger partial charge in [-0.05, 0) is 42.7 Å². The summed E-state index contributed by atoms with van der Waals surface area (Å²) in [4.78, 5) is 38.6. The summed E-state index contributed by atoms with van der Waals surface area (Å²) in [5.74, 6) is -0.510. The van der Waals surface area contributed by atoms with Crippen LogP contribution in [-0.2, 0) is 22.7 Å². The highest BCUT2D eigenvalue weighted by Gasteiger charge is 2.34. The molecule has 1 aromatic carbocycles. The molecular weight excluding hydrogens is 500 g/mol. The minimum absolute atomic E-state index is 0.00614. The molecule has 0 saturated carbocycles. The zero-order valence-corrected chi connectivity index (χ0v) is 21.8. The van der Waals surface area contributed by atoms with Crippen molar-refractivity contribution in [1.82, 2.24) is 9.47 Å². The SMILES string of the molecule is CCCCn1c(NCc2ccc(OC)cc2)c(/C=C2/SC(=S)N(CC(=O)O)C2=O)c(C)c(C#N)c1=O. The van der Waals surface area contributed by atoms with Crippen molar-refractivity contribution in [2.75, 3.05) is 19.0 Å². The largest absolute Gasteiger partial charge is 0.497 e. The van der Waals surface area contributed by atoms with E-state index in [1.165, 1.54) is 4.57 Å². The Morgan fingerprint density at radius 2 is 2.00 bits per heavy atom. The maximum Gasteiger partial charge on any atom is 0.323 e. The number of anilines is 1. The number of carbonyl (C=O) groups is 2. The molecule has 2 heterocycles. The number of aromatic nitrogens is 1. The number of ether oxygens (including phenoxy) is 1. The van der Waals surface area contributed by atoms with E-state index in [-0.39, 0.29) is 14.8 Å². The Bertz CT molecular complexity index is 1330. The number of thioether (sulfide) groups is 1. The second-order valence-corrected chi connectivity index (χ2v) is 9.72. The Kier molecular flexibility index (Phi) is 8.90. The van der Waals surface area contributed by atoms with Crippen molar-refractivity contribution >= 4 is 52.1 Å². The molecular formula is C25H26N4O5S2. The van der Waals surface area contributed by atoms with Crippen molar-refractivity contribution in [3.63, 3.8) is 0 Å². The predicted molar refractivity (Wildman–Crippen MR) is 143 cm³/mol. The Morgan fingerprint density at radius 3 is 2.58 bits per heavy atom. The van der Waals surface area contributed by atoms with E-state index < -0.39 is 24.0 Å². The molecule has 1 aliphatic heterocycles. The van der Waals surface area contributed by atoms with Crippen LogP contribution in [0.3, 0.4) is 0 Å². The number of nitrogens with one attached hydrogen (secondary N) is 1. The molecule has 0 spiro atoms. The number of nitrogens with zero attached hydrogens (tertiary/aromatic N) is 3. The van der Waals surface area contributed by atoms with Crippen LogP contribution in [0.25, 0.3) is 6.08 Å². The van der Waals surface area contributed by atoms with Crippen LogP contribution in [0.5, 0.6) is 5.75 Å². The number of carboxylic acids is 1. The first kappa shape index (κ1) is 27.0. The van der Waals surface area contributed by atoms with Crippen LogP contribution < -0.4 is 15.6 Å². The zero-order chi connectivity index (χ0) is 26.4. The molecule has 9 nitrogen and oxygen atoms in total. The maximum atomic E-state index is 13.2. The van der Waals surface area contributed by atoms with Gasteiger partial charge in [0.2, 0.25) is 0 Å². The van der Waals surface area contributed by atoms with Crippen molar-refractivity contribution in [2.24, 2.45) is 0 Å². The molecule has 0 bridgehead atoms. The third kappa shape index (κ3) is 5.78. The minimum atomic E-state index is -1.18. The fourth-order valence-electron chi connectivity index (χ4n) is 3.71. The van der Waals surface area contributed by atoms with E-state index >= 15 is 0 Å². The number of methoxy groups -OCH3 is 1. The van der Waals surface area contributed by atoms with Crippen LogP contribution in [0.1, 0.15) is 42.0 Å². The predicted octanol–water partition coefficient (Wildman–Crippen LogP) is 3.74. The molecule has 0 unspecified atom stereocenters. The highest BCUT2D eigenvalue weighted by Crippen LogP contribution is 2.35. The highest BCUT2D eigenvalue weighted by atomic mass is 32.2. The van der Waals surface area contributed by atoms with Gasteiger partial charge in [0.05, 0.1) is 12.0 Å². The van der Waals surface area contributed by atoms with Crippen LogP contribution in [0.2, 0.25) is 0 Å². The monoisotopic (exact) mass is 526 g/mol. The number of hydrogen-bond acceptors (Lipinski definition) is 8. The molecule has 0 atom stereocenters. The van der Waals surface area contributed by atoms with Gasteiger partial charge in [-0.1, -0.05) is 49.5 Å². The van der Waals surface area contributed by atoms with Crippen LogP contribution in [0, 0.1) is 18.3 Å². The number of rotatable bonds is 10. The molecule has 11 heteroatoms. The number of hydrogen-bond donors (Lipinski definition) is 2. The normalized spacial score (nSPS) is 14.3. The summed E-state index contributed by atoms with van der Waals surface area (Å²) >= 11 is 6.20. The lowest BCUT2D eigenvalue weighted by Gasteiger charge is -2.20. The van der Waals surface area contributed by atoms with Gasteiger partial charge in [0.15, 0.2) is 0 Å². The van der Waals surface area contributed by atoms with Gasteiger partial charge in [0, 0.05) is 18.7 Å². The van der Waals surface area contributed by atoms with E-state index in [9.17, 15) is 19.6 Å². The standard InChI is InChI=1S/C25H26N4O5S2/c1-4-5-10-28-22(27-13-16-6-8-17(34-3)9-7-16)18(15(2)19(12-26)23(28)32)11-20-24(33)29(14-21(30)31)25(35)36-20/h6-9,11,27H,4-5,10,13-14H2,1-3H3,(H,30,31)/b20-11+. The minimum Gasteiger partial charge on any atom is -0.497 e. The lowest BCUT2D eigenvalue weighted by atomic mass is 10.0. The van der Waals surface area contributed by atoms with Gasteiger partial charge in [0.1, 0.15) is 34.1 Å². The fourth-order valence-corrected chi connectivity index (χ4v) is 4.95. The van der Waals surface area contributed by atoms with Gasteiger partial charge in [0.25, 0.3) is 11.5 Å². The number of benzene rings is 1. The van der Waals surface area contributed by atoms with E-state index in [1.807, 2.05) is 37.3 Å². The summed E-state index contributed by atoms with van der Waals surface area (Å²) in [5, 5.41) is 22.2. The Hall–Kier alpha value is -3.62. The number of carbonyl (C=O) groups excluding carboxylic acids is 1. The second kappa shape index (κ2) is 11.9. The van der Waals surface area contributed by atoms with E-state index in [2.05, 4.69) is 5.32 Å². The topological polar surface area (TPSA) is 125 Å². The Balaban J connectivity index is 2.13. The first-order valence-corrected chi connectivity index (χ1v) is 12.5. The number of carboxylic acid groups (broad SMARTS) is 1. The number of aliphatic carboxylic acids is 1. The average molecular weight is 527 g/mol. The molecule has 0 aliphatic carbocycles. The molecule has 1 aliphatic rings. The molecule has 1 fully saturated rings. The van der Waals surface area contributed by atoms with E-state index in [1.54, 1.807) is 20.1 Å². The van der Waals surface area contributed by atoms with Crippen molar-refractivity contribution < 1.29 is 19.4 Å². The van der Waals surface area contributed by atoms with Crippen LogP contribution in [0.15, 0.2) is 34.0 Å². The first-order chi connectivity index (χ1) is 17.2. The third-order valence-electron chi connectivity index (χ3n) is 5.67. The lowest BCUT2D eigenvalue weighted by molar-refractivity contribution is -0.140. The molecule has 1 amide bonds. The molecule has 1 aromatic heterocycles. The van der Waals surface area contributed by atoms with Gasteiger partial charge in [-0.15, -0.1) is 0 Å². The Labute approximate surface area is 218 Å². The summed E-state index contributed by atoms with van der Waals surface area (Å²) in [6.07, 6.45) is 3.13. The summed E-state index contributed by atoms with van der Waals surface area (Å²) in [5.41, 5.74) is 1.46. The van der Waals surface area contributed by atoms with Crippen molar-refractivity contribution in [3.8, 4) is 11.8 Å². The number of pyridine rings is 1.